The van der Waals surface area contributed by atoms with Crippen LogP contribution in [0.5, 0.6) is 0 Å². The fraction of sp³-hybridized carbons (Fsp3) is 0.529. The first-order valence-electron chi connectivity index (χ1n) is 7.94. The molecule has 1 aliphatic carbocycles. The van der Waals surface area contributed by atoms with Crippen molar-refractivity contribution in [2.45, 2.75) is 25.3 Å². The van der Waals surface area contributed by atoms with Crippen LogP contribution in [0.15, 0.2) is 30.5 Å². The van der Waals surface area contributed by atoms with Crippen molar-refractivity contribution in [3.63, 3.8) is 0 Å². The van der Waals surface area contributed by atoms with Crippen LogP contribution in [0.25, 0.3) is 10.9 Å². The van der Waals surface area contributed by atoms with Gasteiger partial charge in [-0.1, -0.05) is 18.6 Å². The van der Waals surface area contributed by atoms with Gasteiger partial charge in [-0.05, 0) is 36.5 Å². The van der Waals surface area contributed by atoms with Crippen LogP contribution < -0.4 is 5.32 Å². The zero-order valence-corrected chi connectivity index (χ0v) is 14.4. The summed E-state index contributed by atoms with van der Waals surface area (Å²) >= 11 is 0. The first kappa shape index (κ1) is 17.6. The highest BCUT2D eigenvalue weighted by atomic mass is 35.5. The number of aromatic nitrogens is 1. The molecule has 1 aromatic heterocycles. The molecule has 0 spiro atoms. The molecule has 2 aliphatic rings. The monoisotopic (exact) mass is 341 g/mol. The van der Waals surface area contributed by atoms with E-state index in [1.54, 1.807) is 0 Å². The minimum Gasteiger partial charge on any atom is -0.361 e. The van der Waals surface area contributed by atoms with E-state index in [4.69, 9.17) is 0 Å². The number of nitrogens with one attached hydrogen (secondary N) is 2. The van der Waals surface area contributed by atoms with Crippen molar-refractivity contribution in [3.8, 4) is 0 Å². The summed E-state index contributed by atoms with van der Waals surface area (Å²) in [5.74, 6) is 0.855. The van der Waals surface area contributed by atoms with Crippen molar-refractivity contribution in [2.24, 2.45) is 5.92 Å². The number of H-pyrrole nitrogens is 1. The van der Waals surface area contributed by atoms with Gasteiger partial charge in [0.1, 0.15) is 0 Å². The molecule has 0 amide bonds. The van der Waals surface area contributed by atoms with Crippen LogP contribution in [-0.4, -0.2) is 36.1 Å². The molecule has 2 aromatic rings. The fourth-order valence-electron chi connectivity index (χ4n) is 3.83. The Balaban J connectivity index is 0.000000882. The van der Waals surface area contributed by atoms with E-state index >= 15 is 0 Å². The Hall–Kier alpha value is -0.740. The Morgan fingerprint density at radius 2 is 1.82 bits per heavy atom. The van der Waals surface area contributed by atoms with E-state index in [-0.39, 0.29) is 24.8 Å². The highest BCUT2D eigenvalue weighted by molar-refractivity contribution is 5.85. The van der Waals surface area contributed by atoms with Crippen molar-refractivity contribution < 1.29 is 0 Å². The Kier molecular flexibility index (Phi) is 6.16. The second-order valence-electron chi connectivity index (χ2n) is 6.21. The number of benzene rings is 1. The summed E-state index contributed by atoms with van der Waals surface area (Å²) in [5.41, 5.74) is 2.82. The highest BCUT2D eigenvalue weighted by Crippen LogP contribution is 2.43. The average Bonchev–Trinajstić information content (AvgIpc) is 2.92. The topological polar surface area (TPSA) is 31.1 Å². The van der Waals surface area contributed by atoms with Crippen LogP contribution in [-0.2, 0) is 0 Å². The number of hydrogen-bond donors (Lipinski definition) is 2. The van der Waals surface area contributed by atoms with Crippen molar-refractivity contribution in [1.82, 2.24) is 15.2 Å². The summed E-state index contributed by atoms with van der Waals surface area (Å²) in [6.45, 7) is 4.63. The van der Waals surface area contributed by atoms with Gasteiger partial charge in [0.2, 0.25) is 0 Å². The van der Waals surface area contributed by atoms with E-state index in [0.29, 0.717) is 6.04 Å². The molecule has 0 unspecified atom stereocenters. The Morgan fingerprint density at radius 1 is 1.05 bits per heavy atom. The number of fused-ring (bicyclic) bond motifs is 1. The molecule has 4 rings (SSSR count). The standard InChI is InChI=1S/C17H23N3.2ClH/c1-3-13(4-1)17(20-11-9-18-10-12-20)15-5-2-6-16-14(15)7-8-19-16;;/h2,5-8,13,17-19H,1,3-4,9-12H2;2*1H/t17-;;/m0../s1. The van der Waals surface area contributed by atoms with Crippen LogP contribution >= 0.6 is 24.8 Å². The van der Waals surface area contributed by atoms with Gasteiger partial charge in [0, 0.05) is 49.3 Å². The summed E-state index contributed by atoms with van der Waals surface area (Å²) in [7, 11) is 0. The summed E-state index contributed by atoms with van der Waals surface area (Å²) < 4.78 is 0. The maximum Gasteiger partial charge on any atom is 0.0457 e. The van der Waals surface area contributed by atoms with Crippen LogP contribution in [0.1, 0.15) is 30.9 Å². The average molecular weight is 342 g/mol. The predicted octanol–water partition coefficient (Wildman–Crippen LogP) is 3.76. The molecule has 1 aliphatic heterocycles. The molecule has 1 aromatic carbocycles. The number of aromatic amines is 1. The molecule has 1 saturated carbocycles. The van der Waals surface area contributed by atoms with E-state index in [2.05, 4.69) is 45.7 Å². The molecule has 3 nitrogen and oxygen atoms in total. The van der Waals surface area contributed by atoms with Gasteiger partial charge in [-0.25, -0.2) is 0 Å². The number of rotatable bonds is 3. The smallest absolute Gasteiger partial charge is 0.0457 e. The normalized spacial score (nSPS) is 20.7. The third-order valence-corrected chi connectivity index (χ3v) is 5.09. The van der Waals surface area contributed by atoms with E-state index in [0.717, 1.165) is 19.0 Å². The second-order valence-corrected chi connectivity index (χ2v) is 6.21. The van der Waals surface area contributed by atoms with E-state index in [1.807, 2.05) is 0 Å². The summed E-state index contributed by atoms with van der Waals surface area (Å²) in [5, 5.41) is 4.90. The van der Waals surface area contributed by atoms with Crippen molar-refractivity contribution >= 4 is 35.7 Å². The zero-order valence-electron chi connectivity index (χ0n) is 12.8. The van der Waals surface area contributed by atoms with Gasteiger partial charge in [-0.15, -0.1) is 24.8 Å². The van der Waals surface area contributed by atoms with Crippen molar-refractivity contribution in [2.75, 3.05) is 26.2 Å². The summed E-state index contributed by atoms with van der Waals surface area (Å²) in [4.78, 5) is 6.07. The second kappa shape index (κ2) is 7.69. The van der Waals surface area contributed by atoms with Gasteiger partial charge in [-0.2, -0.15) is 0 Å². The van der Waals surface area contributed by atoms with Crippen molar-refractivity contribution in [1.29, 1.82) is 0 Å². The summed E-state index contributed by atoms with van der Waals surface area (Å²) in [6.07, 6.45) is 6.28. The first-order chi connectivity index (χ1) is 9.93. The third-order valence-electron chi connectivity index (χ3n) is 5.09. The predicted molar refractivity (Wildman–Crippen MR) is 97.3 cm³/mol. The third kappa shape index (κ3) is 3.13. The van der Waals surface area contributed by atoms with Crippen LogP contribution in [0.4, 0.5) is 0 Å². The Labute approximate surface area is 144 Å². The van der Waals surface area contributed by atoms with Gasteiger partial charge in [-0.3, -0.25) is 4.90 Å². The quantitative estimate of drug-likeness (QED) is 0.890. The van der Waals surface area contributed by atoms with E-state index < -0.39 is 0 Å². The molecule has 1 atom stereocenters. The fourth-order valence-corrected chi connectivity index (χ4v) is 3.83. The maximum absolute atomic E-state index is 3.48. The van der Waals surface area contributed by atoms with Gasteiger partial charge in [0.25, 0.3) is 0 Å². The van der Waals surface area contributed by atoms with Gasteiger partial charge >= 0.3 is 0 Å². The highest BCUT2D eigenvalue weighted by Gasteiger charge is 2.34. The molecule has 2 N–H and O–H groups in total. The number of halogens is 2. The SMILES string of the molecule is Cl.Cl.c1cc([C@H](C2CCC2)N2CCNCC2)c2cc[nH]c2c1. The molecule has 5 heteroatoms. The molecule has 122 valence electrons. The zero-order chi connectivity index (χ0) is 13.4. The summed E-state index contributed by atoms with van der Waals surface area (Å²) in [6, 6.07) is 9.61. The lowest BCUT2D eigenvalue weighted by Crippen LogP contribution is -2.47. The molecule has 1 saturated heterocycles. The molecule has 22 heavy (non-hydrogen) atoms. The Bertz CT molecular complexity index is 588. The van der Waals surface area contributed by atoms with Crippen LogP contribution in [0.2, 0.25) is 0 Å². The van der Waals surface area contributed by atoms with Crippen molar-refractivity contribution in [3.05, 3.63) is 36.0 Å². The van der Waals surface area contributed by atoms with Crippen LogP contribution in [0.3, 0.4) is 0 Å². The minimum atomic E-state index is 0. The van der Waals surface area contributed by atoms with Gasteiger partial charge in [0.15, 0.2) is 0 Å². The largest absolute Gasteiger partial charge is 0.361 e. The first-order valence-corrected chi connectivity index (χ1v) is 7.94. The number of piperazine rings is 1. The Morgan fingerprint density at radius 3 is 2.50 bits per heavy atom. The van der Waals surface area contributed by atoms with E-state index in [9.17, 15) is 0 Å². The number of hydrogen-bond acceptors (Lipinski definition) is 2. The molecule has 2 heterocycles. The molecule has 0 radical (unpaired) electrons. The minimum absolute atomic E-state index is 0. The molecule has 0 bridgehead atoms. The van der Waals surface area contributed by atoms with Gasteiger partial charge < -0.3 is 10.3 Å². The lowest BCUT2D eigenvalue weighted by molar-refractivity contribution is 0.0847. The maximum atomic E-state index is 3.48. The lowest BCUT2D eigenvalue weighted by atomic mass is 9.75. The lowest BCUT2D eigenvalue weighted by Gasteiger charge is -2.43. The van der Waals surface area contributed by atoms with E-state index in [1.165, 1.54) is 48.8 Å². The molecule has 2 fully saturated rings. The van der Waals surface area contributed by atoms with Crippen LogP contribution in [0, 0.1) is 5.92 Å². The number of nitrogens with zero attached hydrogens (tertiary/aromatic N) is 1. The molecular weight excluding hydrogens is 317 g/mol. The molecular formula is C17H25Cl2N3. The van der Waals surface area contributed by atoms with Gasteiger partial charge in [0.05, 0.1) is 0 Å².